The van der Waals surface area contributed by atoms with Crippen LogP contribution in [0.3, 0.4) is 0 Å². The van der Waals surface area contributed by atoms with E-state index in [2.05, 4.69) is 41.2 Å². The molecule has 0 spiro atoms. The van der Waals surface area contributed by atoms with Crippen LogP contribution in [0.4, 0.5) is 0 Å². The summed E-state index contributed by atoms with van der Waals surface area (Å²) in [5.41, 5.74) is 1.23. The molecule has 20 heavy (non-hydrogen) atoms. The SMILES string of the molecule is CC(C)c1cc(Br)ccc1OCCNCc1ccco1. The minimum atomic E-state index is 0.443. The number of hydrogen-bond acceptors (Lipinski definition) is 3. The summed E-state index contributed by atoms with van der Waals surface area (Å²) in [6, 6.07) is 10.0. The molecule has 4 heteroatoms. The Kier molecular flexibility index (Phi) is 5.68. The number of hydrogen-bond donors (Lipinski definition) is 1. The van der Waals surface area contributed by atoms with E-state index in [0.717, 1.165) is 29.1 Å². The molecule has 0 fully saturated rings. The van der Waals surface area contributed by atoms with Crippen LogP contribution in [0.2, 0.25) is 0 Å². The molecule has 2 aromatic rings. The van der Waals surface area contributed by atoms with Crippen LogP contribution in [0.1, 0.15) is 31.1 Å². The first-order valence-electron chi connectivity index (χ1n) is 6.82. The third-order valence-corrected chi connectivity index (χ3v) is 3.50. The molecule has 0 atom stereocenters. The topological polar surface area (TPSA) is 34.4 Å². The van der Waals surface area contributed by atoms with Crippen LogP contribution in [-0.4, -0.2) is 13.2 Å². The maximum absolute atomic E-state index is 5.86. The molecule has 1 aromatic carbocycles. The van der Waals surface area contributed by atoms with Crippen molar-refractivity contribution in [3.05, 3.63) is 52.4 Å². The minimum Gasteiger partial charge on any atom is -0.492 e. The summed E-state index contributed by atoms with van der Waals surface area (Å²) in [5, 5.41) is 3.29. The van der Waals surface area contributed by atoms with Gasteiger partial charge in [-0.1, -0.05) is 29.8 Å². The zero-order valence-corrected chi connectivity index (χ0v) is 13.4. The summed E-state index contributed by atoms with van der Waals surface area (Å²) in [6.45, 7) is 6.50. The van der Waals surface area contributed by atoms with Gasteiger partial charge in [0.1, 0.15) is 18.1 Å². The first-order chi connectivity index (χ1) is 9.66. The van der Waals surface area contributed by atoms with Gasteiger partial charge in [0.25, 0.3) is 0 Å². The first-order valence-corrected chi connectivity index (χ1v) is 7.61. The Morgan fingerprint density at radius 3 is 2.85 bits per heavy atom. The van der Waals surface area contributed by atoms with Crippen LogP contribution in [0.25, 0.3) is 0 Å². The fourth-order valence-corrected chi connectivity index (χ4v) is 2.34. The number of halogens is 1. The maximum atomic E-state index is 5.86. The lowest BCUT2D eigenvalue weighted by atomic mass is 10.0. The second kappa shape index (κ2) is 7.50. The zero-order valence-electron chi connectivity index (χ0n) is 11.9. The maximum Gasteiger partial charge on any atom is 0.122 e. The molecule has 0 amide bonds. The van der Waals surface area contributed by atoms with Gasteiger partial charge in [-0.3, -0.25) is 0 Å². The number of ether oxygens (including phenoxy) is 1. The average Bonchev–Trinajstić information content (AvgIpc) is 2.92. The van der Waals surface area contributed by atoms with E-state index in [-0.39, 0.29) is 0 Å². The molecule has 0 unspecified atom stereocenters. The van der Waals surface area contributed by atoms with E-state index in [1.54, 1.807) is 6.26 Å². The lowest BCUT2D eigenvalue weighted by molar-refractivity contribution is 0.307. The Hall–Kier alpha value is -1.26. The Balaban J connectivity index is 1.79. The first kappa shape index (κ1) is 15.1. The van der Waals surface area contributed by atoms with Gasteiger partial charge in [-0.15, -0.1) is 0 Å². The van der Waals surface area contributed by atoms with Crippen LogP contribution in [0.5, 0.6) is 5.75 Å². The van der Waals surface area contributed by atoms with Crippen molar-refractivity contribution in [1.82, 2.24) is 5.32 Å². The second-order valence-corrected chi connectivity index (χ2v) is 5.86. The Labute approximate surface area is 128 Å². The summed E-state index contributed by atoms with van der Waals surface area (Å²) >= 11 is 3.50. The van der Waals surface area contributed by atoms with E-state index >= 15 is 0 Å². The summed E-state index contributed by atoms with van der Waals surface area (Å²) in [5.74, 6) is 2.35. The molecule has 1 heterocycles. The van der Waals surface area contributed by atoms with E-state index in [1.165, 1.54) is 5.56 Å². The van der Waals surface area contributed by atoms with Gasteiger partial charge in [-0.2, -0.15) is 0 Å². The standard InChI is InChI=1S/C16H20BrNO2/c1-12(2)15-10-13(17)5-6-16(15)20-9-7-18-11-14-4-3-8-19-14/h3-6,8,10,12,18H,7,9,11H2,1-2H3. The summed E-state index contributed by atoms with van der Waals surface area (Å²) in [6.07, 6.45) is 1.68. The lowest BCUT2D eigenvalue weighted by Gasteiger charge is -2.14. The molecule has 1 aromatic heterocycles. The smallest absolute Gasteiger partial charge is 0.122 e. The predicted molar refractivity (Wildman–Crippen MR) is 84.1 cm³/mol. The quantitative estimate of drug-likeness (QED) is 0.763. The van der Waals surface area contributed by atoms with Gasteiger partial charge < -0.3 is 14.5 Å². The van der Waals surface area contributed by atoms with Crippen molar-refractivity contribution < 1.29 is 9.15 Å². The Bertz CT molecular complexity index is 523. The van der Waals surface area contributed by atoms with Gasteiger partial charge in [0.2, 0.25) is 0 Å². The van der Waals surface area contributed by atoms with Crippen molar-refractivity contribution in [2.75, 3.05) is 13.2 Å². The normalized spacial score (nSPS) is 11.0. The van der Waals surface area contributed by atoms with Gasteiger partial charge in [-0.25, -0.2) is 0 Å². The van der Waals surface area contributed by atoms with E-state index in [0.29, 0.717) is 12.5 Å². The van der Waals surface area contributed by atoms with Gasteiger partial charge in [0, 0.05) is 11.0 Å². The minimum absolute atomic E-state index is 0.443. The summed E-state index contributed by atoms with van der Waals surface area (Å²) < 4.78 is 12.2. The number of rotatable bonds is 7. The Morgan fingerprint density at radius 1 is 1.30 bits per heavy atom. The third kappa shape index (κ3) is 4.39. The molecule has 0 saturated carbocycles. The highest BCUT2D eigenvalue weighted by Gasteiger charge is 2.08. The van der Waals surface area contributed by atoms with E-state index < -0.39 is 0 Å². The highest BCUT2D eigenvalue weighted by atomic mass is 79.9. The molecule has 2 rings (SSSR count). The molecule has 0 aliphatic heterocycles. The number of nitrogens with one attached hydrogen (secondary N) is 1. The lowest BCUT2D eigenvalue weighted by Crippen LogP contribution is -2.20. The molecular weight excluding hydrogens is 318 g/mol. The van der Waals surface area contributed by atoms with Crippen LogP contribution in [-0.2, 0) is 6.54 Å². The van der Waals surface area contributed by atoms with Crippen molar-refractivity contribution >= 4 is 15.9 Å². The van der Waals surface area contributed by atoms with Crippen LogP contribution < -0.4 is 10.1 Å². The van der Waals surface area contributed by atoms with Crippen LogP contribution >= 0.6 is 15.9 Å². The van der Waals surface area contributed by atoms with Crippen molar-refractivity contribution in [3.8, 4) is 5.75 Å². The van der Waals surface area contributed by atoms with E-state index in [4.69, 9.17) is 9.15 Å². The molecule has 108 valence electrons. The Morgan fingerprint density at radius 2 is 2.15 bits per heavy atom. The molecule has 1 N–H and O–H groups in total. The second-order valence-electron chi connectivity index (χ2n) is 4.94. The highest BCUT2D eigenvalue weighted by molar-refractivity contribution is 9.10. The summed E-state index contributed by atoms with van der Waals surface area (Å²) in [7, 11) is 0. The molecule has 3 nitrogen and oxygen atoms in total. The number of benzene rings is 1. The highest BCUT2D eigenvalue weighted by Crippen LogP contribution is 2.29. The molecule has 0 aliphatic rings. The summed E-state index contributed by atoms with van der Waals surface area (Å²) in [4.78, 5) is 0. The fourth-order valence-electron chi connectivity index (χ4n) is 1.96. The van der Waals surface area contributed by atoms with Gasteiger partial charge >= 0.3 is 0 Å². The van der Waals surface area contributed by atoms with Crippen molar-refractivity contribution in [1.29, 1.82) is 0 Å². The molecule has 0 radical (unpaired) electrons. The zero-order chi connectivity index (χ0) is 14.4. The van der Waals surface area contributed by atoms with Gasteiger partial charge in [0.05, 0.1) is 12.8 Å². The monoisotopic (exact) mass is 337 g/mol. The molecule has 0 bridgehead atoms. The van der Waals surface area contributed by atoms with Crippen molar-refractivity contribution in [3.63, 3.8) is 0 Å². The third-order valence-electron chi connectivity index (χ3n) is 3.01. The largest absolute Gasteiger partial charge is 0.492 e. The predicted octanol–water partition coefficient (Wildman–Crippen LogP) is 4.33. The fraction of sp³-hybridized carbons (Fsp3) is 0.375. The van der Waals surface area contributed by atoms with Gasteiger partial charge in [0.15, 0.2) is 0 Å². The molecular formula is C16H20BrNO2. The van der Waals surface area contributed by atoms with Crippen molar-refractivity contribution in [2.24, 2.45) is 0 Å². The van der Waals surface area contributed by atoms with E-state index in [9.17, 15) is 0 Å². The van der Waals surface area contributed by atoms with Crippen molar-refractivity contribution in [2.45, 2.75) is 26.3 Å². The molecule has 0 aliphatic carbocycles. The van der Waals surface area contributed by atoms with Gasteiger partial charge in [-0.05, 0) is 41.8 Å². The average molecular weight is 338 g/mol. The van der Waals surface area contributed by atoms with E-state index in [1.807, 2.05) is 24.3 Å². The molecule has 0 saturated heterocycles. The number of furan rings is 1. The van der Waals surface area contributed by atoms with Crippen LogP contribution in [0.15, 0.2) is 45.5 Å². The van der Waals surface area contributed by atoms with Crippen LogP contribution in [0, 0.1) is 0 Å².